The van der Waals surface area contributed by atoms with Gasteiger partial charge in [-0.25, -0.2) is 0 Å². The molecule has 0 amide bonds. The first-order valence-electron chi connectivity index (χ1n) is 6.11. The van der Waals surface area contributed by atoms with E-state index in [2.05, 4.69) is 0 Å². The van der Waals surface area contributed by atoms with E-state index in [1.807, 2.05) is 31.2 Å². The molecule has 1 aliphatic carbocycles. The Morgan fingerprint density at radius 2 is 2.12 bits per heavy atom. The van der Waals surface area contributed by atoms with Gasteiger partial charge in [-0.05, 0) is 49.8 Å². The molecule has 1 fully saturated rings. The van der Waals surface area contributed by atoms with Gasteiger partial charge in [0.05, 0.1) is 12.5 Å². The van der Waals surface area contributed by atoms with Crippen molar-refractivity contribution in [3.63, 3.8) is 0 Å². The zero-order chi connectivity index (χ0) is 12.3. The molecule has 0 radical (unpaired) electrons. The van der Waals surface area contributed by atoms with E-state index in [0.717, 1.165) is 24.3 Å². The molecule has 0 N–H and O–H groups in total. The molecule has 1 aromatic carbocycles. The molecule has 2 nitrogen and oxygen atoms in total. The van der Waals surface area contributed by atoms with Gasteiger partial charge in [-0.15, -0.1) is 0 Å². The van der Waals surface area contributed by atoms with Crippen molar-refractivity contribution in [2.45, 2.75) is 26.2 Å². The second-order valence-electron chi connectivity index (χ2n) is 4.52. The predicted molar refractivity (Wildman–Crippen MR) is 68.0 cm³/mol. The smallest absolute Gasteiger partial charge is 0.309 e. The van der Waals surface area contributed by atoms with Gasteiger partial charge in [0.1, 0.15) is 0 Å². The Labute approximate surface area is 107 Å². The minimum atomic E-state index is -0.0198. The summed E-state index contributed by atoms with van der Waals surface area (Å²) in [4.78, 5) is 11.4. The van der Waals surface area contributed by atoms with Crippen molar-refractivity contribution in [1.29, 1.82) is 0 Å². The lowest BCUT2D eigenvalue weighted by atomic mass is 10.1. The summed E-state index contributed by atoms with van der Waals surface area (Å²) >= 11 is 5.83. The number of rotatable bonds is 5. The molecular weight excluding hydrogens is 236 g/mol. The molecule has 0 bridgehead atoms. The maximum Gasteiger partial charge on any atom is 0.309 e. The lowest BCUT2D eigenvalue weighted by Crippen LogP contribution is -2.07. The Bertz CT molecular complexity index is 386. The van der Waals surface area contributed by atoms with Crippen LogP contribution in [-0.4, -0.2) is 12.6 Å². The van der Waals surface area contributed by atoms with Crippen LogP contribution in [0, 0.1) is 11.8 Å². The minimum Gasteiger partial charge on any atom is -0.466 e. The van der Waals surface area contributed by atoms with Crippen LogP contribution in [0.15, 0.2) is 24.3 Å². The first-order valence-corrected chi connectivity index (χ1v) is 6.49. The van der Waals surface area contributed by atoms with Crippen LogP contribution in [0.3, 0.4) is 0 Å². The molecule has 0 heterocycles. The number of benzene rings is 1. The summed E-state index contributed by atoms with van der Waals surface area (Å²) in [5.41, 5.74) is 1.28. The zero-order valence-corrected chi connectivity index (χ0v) is 10.7. The van der Waals surface area contributed by atoms with Crippen molar-refractivity contribution in [3.05, 3.63) is 34.9 Å². The number of carbonyl (C=O) groups excluding carboxylic acids is 1. The van der Waals surface area contributed by atoms with Crippen molar-refractivity contribution < 1.29 is 9.53 Å². The SMILES string of the molecule is CCOC(=O)[C@H]1C[C@@H]1CCc1ccc(Cl)cc1. The highest BCUT2D eigenvalue weighted by molar-refractivity contribution is 6.30. The maximum absolute atomic E-state index is 11.4. The first-order chi connectivity index (χ1) is 8.20. The van der Waals surface area contributed by atoms with Gasteiger partial charge in [0.25, 0.3) is 0 Å². The van der Waals surface area contributed by atoms with E-state index in [1.54, 1.807) is 0 Å². The summed E-state index contributed by atoms with van der Waals surface area (Å²) in [6, 6.07) is 7.91. The molecule has 2 rings (SSSR count). The van der Waals surface area contributed by atoms with Gasteiger partial charge in [0.15, 0.2) is 0 Å². The second-order valence-corrected chi connectivity index (χ2v) is 4.96. The van der Waals surface area contributed by atoms with Crippen molar-refractivity contribution in [1.82, 2.24) is 0 Å². The normalized spacial score (nSPS) is 22.2. The number of hydrogen-bond donors (Lipinski definition) is 0. The third-order valence-electron chi connectivity index (χ3n) is 3.23. The lowest BCUT2D eigenvalue weighted by Gasteiger charge is -2.02. The summed E-state index contributed by atoms with van der Waals surface area (Å²) in [6.07, 6.45) is 3.06. The van der Waals surface area contributed by atoms with Crippen LogP contribution in [0.25, 0.3) is 0 Å². The van der Waals surface area contributed by atoms with Crippen molar-refractivity contribution >= 4 is 17.6 Å². The highest BCUT2D eigenvalue weighted by Gasteiger charge is 2.43. The van der Waals surface area contributed by atoms with Crippen LogP contribution in [0.2, 0.25) is 5.02 Å². The highest BCUT2D eigenvalue weighted by Crippen LogP contribution is 2.42. The molecule has 0 spiro atoms. The molecule has 0 saturated heterocycles. The van der Waals surface area contributed by atoms with Gasteiger partial charge < -0.3 is 4.74 Å². The van der Waals surface area contributed by atoms with Gasteiger partial charge in [0, 0.05) is 5.02 Å². The van der Waals surface area contributed by atoms with Crippen molar-refractivity contribution in [2.24, 2.45) is 11.8 Å². The molecule has 2 atom stereocenters. The quantitative estimate of drug-likeness (QED) is 0.750. The Balaban J connectivity index is 1.74. The Morgan fingerprint density at radius 3 is 2.76 bits per heavy atom. The van der Waals surface area contributed by atoms with Gasteiger partial charge in [0.2, 0.25) is 0 Å². The lowest BCUT2D eigenvalue weighted by molar-refractivity contribution is -0.145. The molecule has 0 unspecified atom stereocenters. The predicted octanol–water partition coefficient (Wildman–Crippen LogP) is 3.47. The fourth-order valence-electron chi connectivity index (χ4n) is 2.11. The molecule has 1 aromatic rings. The Kier molecular flexibility index (Phi) is 4.06. The fourth-order valence-corrected chi connectivity index (χ4v) is 2.23. The molecule has 1 saturated carbocycles. The minimum absolute atomic E-state index is 0.0198. The van der Waals surface area contributed by atoms with Gasteiger partial charge in [-0.1, -0.05) is 23.7 Å². The van der Waals surface area contributed by atoms with Crippen LogP contribution < -0.4 is 0 Å². The molecule has 0 aromatic heterocycles. The van der Waals surface area contributed by atoms with Crippen molar-refractivity contribution in [3.8, 4) is 0 Å². The summed E-state index contributed by atoms with van der Waals surface area (Å²) in [5, 5.41) is 0.768. The van der Waals surface area contributed by atoms with Gasteiger partial charge >= 0.3 is 5.97 Å². The van der Waals surface area contributed by atoms with E-state index in [0.29, 0.717) is 12.5 Å². The van der Waals surface area contributed by atoms with Gasteiger partial charge in [-0.3, -0.25) is 4.79 Å². The van der Waals surface area contributed by atoms with E-state index in [9.17, 15) is 4.79 Å². The molecule has 1 aliphatic rings. The number of aryl methyl sites for hydroxylation is 1. The van der Waals surface area contributed by atoms with Crippen LogP contribution in [0.5, 0.6) is 0 Å². The molecular formula is C14H17ClO2. The van der Waals surface area contributed by atoms with Crippen LogP contribution in [0.1, 0.15) is 25.3 Å². The Morgan fingerprint density at radius 1 is 1.41 bits per heavy atom. The zero-order valence-electron chi connectivity index (χ0n) is 9.99. The highest BCUT2D eigenvalue weighted by atomic mass is 35.5. The number of ether oxygens (including phenoxy) is 1. The third-order valence-corrected chi connectivity index (χ3v) is 3.48. The van der Waals surface area contributed by atoms with Crippen LogP contribution in [-0.2, 0) is 16.0 Å². The van der Waals surface area contributed by atoms with E-state index < -0.39 is 0 Å². The van der Waals surface area contributed by atoms with E-state index in [-0.39, 0.29) is 11.9 Å². The van der Waals surface area contributed by atoms with Gasteiger partial charge in [-0.2, -0.15) is 0 Å². The number of esters is 1. The average molecular weight is 253 g/mol. The van der Waals surface area contributed by atoms with E-state index in [4.69, 9.17) is 16.3 Å². The molecule has 92 valence electrons. The van der Waals surface area contributed by atoms with E-state index in [1.165, 1.54) is 5.56 Å². The summed E-state index contributed by atoms with van der Waals surface area (Å²) in [5.74, 6) is 0.653. The maximum atomic E-state index is 11.4. The summed E-state index contributed by atoms with van der Waals surface area (Å²) < 4.78 is 5.01. The second kappa shape index (κ2) is 5.54. The van der Waals surface area contributed by atoms with Crippen LogP contribution >= 0.6 is 11.6 Å². The van der Waals surface area contributed by atoms with Crippen molar-refractivity contribution in [2.75, 3.05) is 6.61 Å². The topological polar surface area (TPSA) is 26.3 Å². The number of halogens is 1. The van der Waals surface area contributed by atoms with Crippen LogP contribution in [0.4, 0.5) is 0 Å². The standard InChI is InChI=1S/C14H17ClO2/c1-2-17-14(16)13-9-11(13)6-3-10-4-7-12(15)8-5-10/h4-5,7-8,11,13H,2-3,6,9H2,1H3/t11-,13-/m0/s1. The summed E-state index contributed by atoms with van der Waals surface area (Å²) in [7, 11) is 0. The molecule has 3 heteroatoms. The Hall–Kier alpha value is -1.02. The van der Waals surface area contributed by atoms with E-state index >= 15 is 0 Å². The molecule has 0 aliphatic heterocycles. The average Bonchev–Trinajstić information content (AvgIpc) is 3.08. The third kappa shape index (κ3) is 3.47. The summed E-state index contributed by atoms with van der Waals surface area (Å²) in [6.45, 7) is 2.34. The largest absolute Gasteiger partial charge is 0.466 e. The number of hydrogen-bond acceptors (Lipinski definition) is 2. The molecule has 17 heavy (non-hydrogen) atoms. The first kappa shape index (κ1) is 12.4. The fraction of sp³-hybridized carbons (Fsp3) is 0.500. The monoisotopic (exact) mass is 252 g/mol. The number of carbonyl (C=O) groups is 1.